The number of rotatable bonds is 9. The highest BCUT2D eigenvalue weighted by Gasteiger charge is 2.21. The number of methoxy groups -OCH3 is 1. The average molecular weight is 434 g/mol. The van der Waals surface area contributed by atoms with Crippen LogP contribution in [0.4, 0.5) is 0 Å². The fourth-order valence-electron chi connectivity index (χ4n) is 3.86. The van der Waals surface area contributed by atoms with Crippen LogP contribution in [0.25, 0.3) is 0 Å². The standard InChI is InChI=1S/C14H27N3O2.C11H16O/c1-14(2,3)17-13(19)9-16-12-6-4-11(5-7-12)8-15-10-18;1-4-5-10-6-9(2)7-11(8-10)12-3/h10-12,16H,4-9H2,1-3H3,(H,15,18)(H,17,19);6-8H,4-5H2,1-3H3. The fraction of sp³-hybridized carbons (Fsp3) is 0.680. The predicted octanol–water partition coefficient (Wildman–Crippen LogP) is 3.75. The second kappa shape index (κ2) is 14.1. The van der Waals surface area contributed by atoms with Crippen LogP contribution in [-0.4, -0.2) is 44.1 Å². The van der Waals surface area contributed by atoms with Gasteiger partial charge in [-0.1, -0.05) is 19.4 Å². The van der Waals surface area contributed by atoms with Gasteiger partial charge in [0.25, 0.3) is 0 Å². The largest absolute Gasteiger partial charge is 0.497 e. The Morgan fingerprint density at radius 2 is 1.84 bits per heavy atom. The number of hydrogen-bond donors (Lipinski definition) is 3. The molecule has 1 saturated carbocycles. The SMILES string of the molecule is CC(C)(C)NC(=O)CNC1CCC(CNC=O)CC1.CCCc1cc(C)cc(OC)c1. The third-order valence-corrected chi connectivity index (χ3v) is 5.29. The minimum atomic E-state index is -0.170. The smallest absolute Gasteiger partial charge is 0.234 e. The Hall–Kier alpha value is -2.08. The van der Waals surface area contributed by atoms with Gasteiger partial charge in [0.15, 0.2) is 0 Å². The zero-order valence-electron chi connectivity index (χ0n) is 20.3. The van der Waals surface area contributed by atoms with Gasteiger partial charge in [0, 0.05) is 18.1 Å². The summed E-state index contributed by atoms with van der Waals surface area (Å²) < 4.78 is 5.18. The lowest BCUT2D eigenvalue weighted by atomic mass is 9.86. The Bertz CT molecular complexity index is 662. The zero-order chi connectivity index (χ0) is 23.3. The highest BCUT2D eigenvalue weighted by atomic mass is 16.5. The summed E-state index contributed by atoms with van der Waals surface area (Å²) in [4.78, 5) is 21.9. The van der Waals surface area contributed by atoms with Crippen LogP contribution in [-0.2, 0) is 16.0 Å². The summed E-state index contributed by atoms with van der Waals surface area (Å²) in [5.41, 5.74) is 2.48. The van der Waals surface area contributed by atoms with E-state index < -0.39 is 0 Å². The van der Waals surface area contributed by atoms with E-state index in [1.165, 1.54) is 17.5 Å². The lowest BCUT2D eigenvalue weighted by Crippen LogP contribution is -2.47. The summed E-state index contributed by atoms with van der Waals surface area (Å²) in [7, 11) is 1.71. The van der Waals surface area contributed by atoms with Crippen molar-refractivity contribution in [2.24, 2.45) is 5.92 Å². The normalized spacial score (nSPS) is 18.4. The molecule has 31 heavy (non-hydrogen) atoms. The first-order valence-corrected chi connectivity index (χ1v) is 11.5. The molecule has 2 amide bonds. The van der Waals surface area contributed by atoms with Gasteiger partial charge in [0.2, 0.25) is 12.3 Å². The van der Waals surface area contributed by atoms with Crippen LogP contribution in [0, 0.1) is 12.8 Å². The number of hydrogen-bond acceptors (Lipinski definition) is 4. The maximum atomic E-state index is 11.7. The molecule has 0 saturated heterocycles. The highest BCUT2D eigenvalue weighted by Crippen LogP contribution is 2.23. The van der Waals surface area contributed by atoms with Gasteiger partial charge in [0.05, 0.1) is 13.7 Å². The van der Waals surface area contributed by atoms with E-state index in [-0.39, 0.29) is 11.4 Å². The summed E-state index contributed by atoms with van der Waals surface area (Å²) in [6.07, 6.45) is 7.46. The zero-order valence-corrected chi connectivity index (χ0v) is 20.3. The molecular weight excluding hydrogens is 390 g/mol. The van der Waals surface area contributed by atoms with Crippen LogP contribution >= 0.6 is 0 Å². The molecule has 1 aromatic carbocycles. The van der Waals surface area contributed by atoms with Crippen molar-refractivity contribution in [2.45, 2.75) is 84.7 Å². The van der Waals surface area contributed by atoms with E-state index in [0.717, 1.165) is 50.8 Å². The van der Waals surface area contributed by atoms with Crippen molar-refractivity contribution < 1.29 is 14.3 Å². The minimum absolute atomic E-state index is 0.0530. The van der Waals surface area contributed by atoms with Gasteiger partial charge in [0.1, 0.15) is 5.75 Å². The van der Waals surface area contributed by atoms with Gasteiger partial charge in [-0.05, 0) is 89.0 Å². The Morgan fingerprint density at radius 3 is 2.39 bits per heavy atom. The highest BCUT2D eigenvalue weighted by molar-refractivity contribution is 5.78. The van der Waals surface area contributed by atoms with E-state index in [0.29, 0.717) is 18.5 Å². The first-order chi connectivity index (χ1) is 14.7. The molecule has 1 aromatic rings. The van der Waals surface area contributed by atoms with Crippen LogP contribution in [0.2, 0.25) is 0 Å². The summed E-state index contributed by atoms with van der Waals surface area (Å²) in [6.45, 7) is 11.4. The summed E-state index contributed by atoms with van der Waals surface area (Å²) >= 11 is 0. The van der Waals surface area contributed by atoms with Crippen LogP contribution in [0.3, 0.4) is 0 Å². The Kier molecular flexibility index (Phi) is 12.2. The molecule has 1 aliphatic carbocycles. The Morgan fingerprint density at radius 1 is 1.16 bits per heavy atom. The molecule has 0 unspecified atom stereocenters. The fourth-order valence-corrected chi connectivity index (χ4v) is 3.86. The Labute approximate surface area is 188 Å². The number of benzene rings is 1. The van der Waals surface area contributed by atoms with Crippen molar-refractivity contribution in [1.82, 2.24) is 16.0 Å². The summed E-state index contributed by atoms with van der Waals surface area (Å²) in [5, 5.41) is 9.01. The topological polar surface area (TPSA) is 79.5 Å². The molecule has 6 nitrogen and oxygen atoms in total. The van der Waals surface area contributed by atoms with Gasteiger partial charge in [-0.2, -0.15) is 0 Å². The molecule has 0 spiro atoms. The van der Waals surface area contributed by atoms with Crippen LogP contribution < -0.4 is 20.7 Å². The lowest BCUT2D eigenvalue weighted by Gasteiger charge is -2.29. The van der Waals surface area contributed by atoms with E-state index in [1.54, 1.807) is 7.11 Å². The number of carbonyl (C=O) groups excluding carboxylic acids is 2. The number of ether oxygens (including phenoxy) is 1. The number of nitrogens with one attached hydrogen (secondary N) is 3. The molecule has 6 heteroatoms. The predicted molar refractivity (Wildman–Crippen MR) is 127 cm³/mol. The molecule has 176 valence electrons. The van der Waals surface area contributed by atoms with Crippen LogP contribution in [0.15, 0.2) is 18.2 Å². The van der Waals surface area contributed by atoms with Crippen molar-refractivity contribution >= 4 is 12.3 Å². The van der Waals surface area contributed by atoms with E-state index in [2.05, 4.69) is 48.0 Å². The van der Waals surface area contributed by atoms with Gasteiger partial charge in [-0.3, -0.25) is 9.59 Å². The molecule has 0 bridgehead atoms. The molecule has 3 N–H and O–H groups in total. The molecule has 0 heterocycles. The van der Waals surface area contributed by atoms with Crippen molar-refractivity contribution in [2.75, 3.05) is 20.2 Å². The van der Waals surface area contributed by atoms with Crippen molar-refractivity contribution in [3.8, 4) is 5.75 Å². The van der Waals surface area contributed by atoms with Gasteiger partial charge < -0.3 is 20.7 Å². The molecular formula is C25H43N3O3. The maximum absolute atomic E-state index is 11.7. The first-order valence-electron chi connectivity index (χ1n) is 11.5. The minimum Gasteiger partial charge on any atom is -0.497 e. The van der Waals surface area contributed by atoms with E-state index in [1.807, 2.05) is 20.8 Å². The quantitative estimate of drug-likeness (QED) is 0.518. The number of amides is 2. The first kappa shape index (κ1) is 27.0. The second-order valence-corrected chi connectivity index (χ2v) is 9.53. The molecule has 0 aromatic heterocycles. The molecule has 0 radical (unpaired) electrons. The van der Waals surface area contributed by atoms with E-state index >= 15 is 0 Å². The summed E-state index contributed by atoms with van der Waals surface area (Å²) in [5.74, 6) is 1.61. The second-order valence-electron chi connectivity index (χ2n) is 9.53. The third kappa shape index (κ3) is 12.4. The number of carbonyl (C=O) groups is 2. The molecule has 1 aliphatic rings. The van der Waals surface area contributed by atoms with Crippen molar-refractivity contribution in [3.05, 3.63) is 29.3 Å². The molecule has 2 rings (SSSR count). The Balaban J connectivity index is 0.000000343. The number of aryl methyl sites for hydroxylation is 2. The maximum Gasteiger partial charge on any atom is 0.234 e. The van der Waals surface area contributed by atoms with E-state index in [4.69, 9.17) is 4.74 Å². The van der Waals surface area contributed by atoms with Gasteiger partial charge in [-0.25, -0.2) is 0 Å². The lowest BCUT2D eigenvalue weighted by molar-refractivity contribution is -0.121. The summed E-state index contributed by atoms with van der Waals surface area (Å²) in [6, 6.07) is 6.81. The molecule has 0 aliphatic heterocycles. The average Bonchev–Trinajstić information content (AvgIpc) is 2.70. The van der Waals surface area contributed by atoms with Crippen molar-refractivity contribution in [1.29, 1.82) is 0 Å². The van der Waals surface area contributed by atoms with Crippen molar-refractivity contribution in [3.63, 3.8) is 0 Å². The van der Waals surface area contributed by atoms with Crippen LogP contribution in [0.5, 0.6) is 5.75 Å². The van der Waals surface area contributed by atoms with Gasteiger partial charge >= 0.3 is 0 Å². The van der Waals surface area contributed by atoms with Crippen LogP contribution in [0.1, 0.15) is 70.9 Å². The van der Waals surface area contributed by atoms with E-state index in [9.17, 15) is 9.59 Å². The monoisotopic (exact) mass is 433 g/mol. The molecule has 1 fully saturated rings. The van der Waals surface area contributed by atoms with Gasteiger partial charge in [-0.15, -0.1) is 0 Å². The molecule has 0 atom stereocenters. The third-order valence-electron chi connectivity index (χ3n) is 5.29.